The molecular weight excluding hydrogens is 315 g/mol. The summed E-state index contributed by atoms with van der Waals surface area (Å²) in [5, 5.41) is 6.37. The third kappa shape index (κ3) is 3.57. The van der Waals surface area contributed by atoms with Gasteiger partial charge in [0.05, 0.1) is 17.6 Å². The highest BCUT2D eigenvalue weighted by Gasteiger charge is 2.10. The van der Waals surface area contributed by atoms with Crippen molar-refractivity contribution in [1.29, 1.82) is 0 Å². The molecule has 3 rings (SSSR count). The van der Waals surface area contributed by atoms with Crippen LogP contribution in [0.4, 0.5) is 21.5 Å². The lowest BCUT2D eigenvalue weighted by molar-refractivity contribution is 0.628. The van der Waals surface area contributed by atoms with E-state index in [1.54, 1.807) is 18.3 Å². The Morgan fingerprint density at radius 2 is 1.83 bits per heavy atom. The summed E-state index contributed by atoms with van der Waals surface area (Å²) in [5.41, 5.74) is 3.73. The summed E-state index contributed by atoms with van der Waals surface area (Å²) in [6.07, 6.45) is 1.58. The van der Waals surface area contributed by atoms with Crippen LogP contribution in [0.25, 0.3) is 11.3 Å². The molecule has 0 saturated carbocycles. The van der Waals surface area contributed by atoms with E-state index in [2.05, 4.69) is 20.6 Å². The van der Waals surface area contributed by atoms with E-state index >= 15 is 0 Å². The molecule has 4 nitrogen and oxygen atoms in total. The van der Waals surface area contributed by atoms with Gasteiger partial charge in [0, 0.05) is 24.0 Å². The van der Waals surface area contributed by atoms with Gasteiger partial charge >= 0.3 is 0 Å². The van der Waals surface area contributed by atoms with E-state index in [0.717, 1.165) is 11.3 Å². The Hall–Kier alpha value is -2.66. The van der Waals surface area contributed by atoms with Crippen molar-refractivity contribution < 1.29 is 4.39 Å². The summed E-state index contributed by atoms with van der Waals surface area (Å²) in [4.78, 5) is 8.32. The molecule has 0 unspecified atom stereocenters. The monoisotopic (exact) mass is 328 g/mol. The van der Waals surface area contributed by atoms with Crippen molar-refractivity contribution >= 4 is 28.7 Å². The zero-order valence-corrected chi connectivity index (χ0v) is 13.1. The van der Waals surface area contributed by atoms with Crippen molar-refractivity contribution in [1.82, 2.24) is 9.97 Å². The molecule has 0 aliphatic carbocycles. The fourth-order valence-electron chi connectivity index (χ4n) is 2.22. The third-order valence-corrected chi connectivity index (χ3v) is 3.47. The molecular formula is C17H14ClFN4. The summed E-state index contributed by atoms with van der Waals surface area (Å²) >= 11 is 5.94. The van der Waals surface area contributed by atoms with E-state index < -0.39 is 0 Å². The molecule has 0 fully saturated rings. The van der Waals surface area contributed by atoms with Crippen LogP contribution in [-0.2, 0) is 0 Å². The molecule has 3 aromatic rings. The van der Waals surface area contributed by atoms with Crippen LogP contribution in [0.5, 0.6) is 0 Å². The molecule has 0 aliphatic rings. The molecule has 2 N–H and O–H groups in total. The smallest absolute Gasteiger partial charge is 0.223 e. The zero-order valence-electron chi connectivity index (χ0n) is 12.3. The van der Waals surface area contributed by atoms with Gasteiger partial charge in [-0.2, -0.15) is 0 Å². The SMILES string of the molecule is CNc1cccc(-c2nc(Cl)ncc2Nc2cccc(F)c2)c1. The maximum atomic E-state index is 13.4. The molecule has 23 heavy (non-hydrogen) atoms. The largest absolute Gasteiger partial charge is 0.388 e. The first kappa shape index (κ1) is 15.2. The normalized spacial score (nSPS) is 10.4. The molecule has 116 valence electrons. The minimum atomic E-state index is -0.316. The van der Waals surface area contributed by atoms with E-state index in [0.29, 0.717) is 17.1 Å². The quantitative estimate of drug-likeness (QED) is 0.680. The van der Waals surface area contributed by atoms with Gasteiger partial charge in [0.1, 0.15) is 5.82 Å². The van der Waals surface area contributed by atoms with E-state index in [-0.39, 0.29) is 11.1 Å². The Morgan fingerprint density at radius 3 is 2.61 bits per heavy atom. The Kier molecular flexibility index (Phi) is 4.39. The molecule has 2 aromatic carbocycles. The van der Waals surface area contributed by atoms with Crippen LogP contribution in [0.15, 0.2) is 54.7 Å². The zero-order chi connectivity index (χ0) is 16.2. The summed E-state index contributed by atoms with van der Waals surface area (Å²) in [6.45, 7) is 0. The molecule has 6 heteroatoms. The first-order chi connectivity index (χ1) is 11.2. The standard InChI is InChI=1S/C17H14ClFN4/c1-20-13-6-2-4-11(8-13)16-15(10-21-17(18)23-16)22-14-7-3-5-12(19)9-14/h2-10,20,22H,1H3. The van der Waals surface area contributed by atoms with Crippen LogP contribution < -0.4 is 10.6 Å². The highest BCUT2D eigenvalue weighted by atomic mass is 35.5. The van der Waals surface area contributed by atoms with Crippen molar-refractivity contribution in [2.45, 2.75) is 0 Å². The van der Waals surface area contributed by atoms with Crippen LogP contribution in [0.2, 0.25) is 5.28 Å². The number of anilines is 3. The van der Waals surface area contributed by atoms with Gasteiger partial charge in [0.2, 0.25) is 5.28 Å². The van der Waals surface area contributed by atoms with E-state index in [9.17, 15) is 4.39 Å². The summed E-state index contributed by atoms with van der Waals surface area (Å²) < 4.78 is 13.4. The second-order valence-electron chi connectivity index (χ2n) is 4.87. The lowest BCUT2D eigenvalue weighted by Gasteiger charge is -2.12. The van der Waals surface area contributed by atoms with Crippen molar-refractivity contribution in [3.63, 3.8) is 0 Å². The number of halogens is 2. The minimum Gasteiger partial charge on any atom is -0.388 e. The van der Waals surface area contributed by atoms with Gasteiger partial charge in [0.15, 0.2) is 0 Å². The number of nitrogens with one attached hydrogen (secondary N) is 2. The number of nitrogens with zero attached hydrogens (tertiary/aromatic N) is 2. The molecule has 0 aliphatic heterocycles. The summed E-state index contributed by atoms with van der Waals surface area (Å²) in [6, 6.07) is 13.9. The highest BCUT2D eigenvalue weighted by molar-refractivity contribution is 6.28. The average molecular weight is 329 g/mol. The molecule has 1 heterocycles. The van der Waals surface area contributed by atoms with Gasteiger partial charge < -0.3 is 10.6 Å². The van der Waals surface area contributed by atoms with Gasteiger partial charge in [0.25, 0.3) is 0 Å². The van der Waals surface area contributed by atoms with Crippen LogP contribution in [0.1, 0.15) is 0 Å². The second-order valence-corrected chi connectivity index (χ2v) is 5.21. The molecule has 1 aromatic heterocycles. The van der Waals surface area contributed by atoms with Crippen LogP contribution in [0.3, 0.4) is 0 Å². The van der Waals surface area contributed by atoms with E-state index in [1.165, 1.54) is 12.1 Å². The number of rotatable bonds is 4. The molecule has 0 spiro atoms. The fraction of sp³-hybridized carbons (Fsp3) is 0.0588. The molecule has 0 amide bonds. The van der Waals surface area contributed by atoms with Crippen molar-refractivity contribution in [2.24, 2.45) is 0 Å². The fourth-order valence-corrected chi connectivity index (χ4v) is 2.35. The molecule has 0 atom stereocenters. The number of hydrogen-bond donors (Lipinski definition) is 2. The topological polar surface area (TPSA) is 49.8 Å². The number of aromatic nitrogens is 2. The first-order valence-corrected chi connectivity index (χ1v) is 7.37. The van der Waals surface area contributed by atoms with Crippen molar-refractivity contribution in [3.05, 3.63) is 65.8 Å². The number of benzene rings is 2. The summed E-state index contributed by atoms with van der Waals surface area (Å²) in [7, 11) is 1.85. The van der Waals surface area contributed by atoms with Crippen LogP contribution >= 0.6 is 11.6 Å². The molecule has 0 radical (unpaired) electrons. The van der Waals surface area contributed by atoms with Crippen molar-refractivity contribution in [3.8, 4) is 11.3 Å². The summed E-state index contributed by atoms with van der Waals surface area (Å²) in [5.74, 6) is -0.316. The van der Waals surface area contributed by atoms with Gasteiger partial charge in [-0.05, 0) is 41.9 Å². The third-order valence-electron chi connectivity index (χ3n) is 3.29. The number of hydrogen-bond acceptors (Lipinski definition) is 4. The van der Waals surface area contributed by atoms with E-state index in [4.69, 9.17) is 11.6 Å². The predicted octanol–water partition coefficient (Wildman–Crippen LogP) is 4.72. The Labute approximate surface area is 138 Å². The predicted molar refractivity (Wildman–Crippen MR) is 91.7 cm³/mol. The van der Waals surface area contributed by atoms with Crippen LogP contribution in [0, 0.1) is 5.82 Å². The maximum absolute atomic E-state index is 13.4. The lowest BCUT2D eigenvalue weighted by Crippen LogP contribution is -1.98. The Bertz CT molecular complexity index is 838. The van der Waals surface area contributed by atoms with Gasteiger partial charge in [-0.15, -0.1) is 0 Å². The molecule has 0 bridgehead atoms. The van der Waals surface area contributed by atoms with Gasteiger partial charge in [-0.3, -0.25) is 0 Å². The van der Waals surface area contributed by atoms with Gasteiger partial charge in [-0.25, -0.2) is 14.4 Å². The average Bonchev–Trinajstić information content (AvgIpc) is 2.56. The Morgan fingerprint density at radius 1 is 1.04 bits per heavy atom. The van der Waals surface area contributed by atoms with Crippen LogP contribution in [-0.4, -0.2) is 17.0 Å². The van der Waals surface area contributed by atoms with E-state index in [1.807, 2.05) is 31.3 Å². The lowest BCUT2D eigenvalue weighted by atomic mass is 10.1. The highest BCUT2D eigenvalue weighted by Crippen LogP contribution is 2.30. The Balaban J connectivity index is 2.04. The second kappa shape index (κ2) is 6.62. The molecule has 0 saturated heterocycles. The first-order valence-electron chi connectivity index (χ1n) is 6.99. The van der Waals surface area contributed by atoms with Crippen molar-refractivity contribution in [2.75, 3.05) is 17.7 Å². The van der Waals surface area contributed by atoms with Gasteiger partial charge in [-0.1, -0.05) is 18.2 Å². The minimum absolute atomic E-state index is 0.152. The maximum Gasteiger partial charge on any atom is 0.223 e.